The fourth-order valence-electron chi connectivity index (χ4n) is 7.48. The van der Waals surface area contributed by atoms with Crippen LogP contribution in [-0.2, 0) is 31.9 Å². The SMILES string of the molecule is [2H]C([2H])([2H])N1[CH-]N(c2[c-]c(Oc3[c-]c4c(cc3)c3ccccc3n4-c3cc(C(C)(C)C)ccn3)cc(C(C)(C)C)c2)C2C3C=CC(C3)C21.[Pt]. The Morgan fingerprint density at radius 2 is 1.61 bits per heavy atom. The van der Waals surface area contributed by atoms with Crippen LogP contribution in [-0.4, -0.2) is 33.5 Å². The number of ether oxygens (including phenoxy) is 1. The largest absolute Gasteiger partial charge is 0.525 e. The molecule has 0 N–H and O–H groups in total. The Labute approximate surface area is 291 Å². The van der Waals surface area contributed by atoms with E-state index in [-0.39, 0.29) is 49.9 Å². The molecule has 240 valence electrons. The molecular formula is C40H41N4OPt-3. The second-order valence-corrected chi connectivity index (χ2v) is 14.9. The molecular weight excluding hydrogens is 748 g/mol. The molecule has 0 amide bonds. The molecule has 5 aromatic rings. The molecule has 3 aromatic carbocycles. The summed E-state index contributed by atoms with van der Waals surface area (Å²) in [6, 6.07) is 27.9. The second-order valence-electron chi connectivity index (χ2n) is 14.9. The van der Waals surface area contributed by atoms with Gasteiger partial charge in [-0.1, -0.05) is 77.4 Å². The van der Waals surface area contributed by atoms with Crippen molar-refractivity contribution >= 4 is 27.5 Å². The van der Waals surface area contributed by atoms with Crippen LogP contribution in [0.2, 0.25) is 0 Å². The molecule has 2 aliphatic carbocycles. The van der Waals surface area contributed by atoms with Crippen molar-refractivity contribution < 1.29 is 29.9 Å². The molecule has 2 fully saturated rings. The predicted octanol–water partition coefficient (Wildman–Crippen LogP) is 8.98. The number of benzene rings is 3. The molecule has 0 spiro atoms. The number of hydrogen-bond donors (Lipinski definition) is 0. The van der Waals surface area contributed by atoms with Gasteiger partial charge in [-0.3, -0.25) is 0 Å². The summed E-state index contributed by atoms with van der Waals surface area (Å²) in [5.74, 6) is 2.50. The number of aromatic nitrogens is 2. The summed E-state index contributed by atoms with van der Waals surface area (Å²) < 4.78 is 33.7. The zero-order chi connectivity index (χ0) is 33.7. The third-order valence-corrected chi connectivity index (χ3v) is 9.86. The van der Waals surface area contributed by atoms with Gasteiger partial charge in [-0.05, 0) is 65.2 Å². The van der Waals surface area contributed by atoms with Gasteiger partial charge in [0.2, 0.25) is 0 Å². The average Bonchev–Trinajstić information content (AvgIpc) is 3.80. The van der Waals surface area contributed by atoms with Gasteiger partial charge >= 0.3 is 0 Å². The van der Waals surface area contributed by atoms with Crippen molar-refractivity contribution in [1.29, 1.82) is 0 Å². The quantitative estimate of drug-likeness (QED) is 0.135. The van der Waals surface area contributed by atoms with E-state index >= 15 is 0 Å². The van der Waals surface area contributed by atoms with Crippen LogP contribution in [0.5, 0.6) is 11.5 Å². The molecule has 2 bridgehead atoms. The Bertz CT molecular complexity index is 2090. The first-order valence-electron chi connectivity index (χ1n) is 17.4. The van der Waals surface area contributed by atoms with Gasteiger partial charge in [-0.2, -0.15) is 12.7 Å². The summed E-state index contributed by atoms with van der Waals surface area (Å²) >= 11 is 0. The zero-order valence-corrected chi connectivity index (χ0v) is 29.4. The number of pyridine rings is 1. The summed E-state index contributed by atoms with van der Waals surface area (Å²) in [5, 5.41) is 2.19. The van der Waals surface area contributed by atoms with Crippen LogP contribution in [0.3, 0.4) is 0 Å². The molecule has 4 atom stereocenters. The van der Waals surface area contributed by atoms with E-state index in [2.05, 4.69) is 124 Å². The van der Waals surface area contributed by atoms with Gasteiger partial charge in [0.1, 0.15) is 5.82 Å². The molecule has 4 unspecified atom stereocenters. The maximum absolute atomic E-state index is 8.30. The Morgan fingerprint density at radius 3 is 2.37 bits per heavy atom. The first-order valence-corrected chi connectivity index (χ1v) is 15.9. The van der Waals surface area contributed by atoms with Gasteiger partial charge in [0.15, 0.2) is 0 Å². The smallest absolute Gasteiger partial charge is 0.135 e. The Morgan fingerprint density at radius 1 is 0.848 bits per heavy atom. The van der Waals surface area contributed by atoms with Crippen LogP contribution < -0.4 is 9.64 Å². The number of hydrogen-bond acceptors (Lipinski definition) is 4. The van der Waals surface area contributed by atoms with Crippen molar-refractivity contribution in [3.8, 4) is 17.3 Å². The van der Waals surface area contributed by atoms with Crippen molar-refractivity contribution in [3.05, 3.63) is 109 Å². The third-order valence-electron chi connectivity index (χ3n) is 9.86. The van der Waals surface area contributed by atoms with E-state index in [1.54, 1.807) is 11.6 Å². The fourth-order valence-corrected chi connectivity index (χ4v) is 7.48. The topological polar surface area (TPSA) is 33.5 Å². The number of likely N-dealkylation sites (N-methyl/N-ethyl adjacent to an activating group) is 1. The fraction of sp³-hybridized carbons (Fsp3) is 0.350. The standard InChI is InChI=1S/C40H41N4O.Pt/c1-39(2,3)27-16-17-41-36(21-27)44-34-11-9-8-10-32(34)33-15-14-30(23-35(33)44)45-31-20-28(40(4,5)6)19-29(22-31)43-24-42(7)37-25-12-13-26(18-25)38(37)43;/h8-17,19-21,24-26,37-38H,18H2,1-7H3;/q-3;/i7D3;. The Kier molecular flexibility index (Phi) is 6.68. The van der Waals surface area contributed by atoms with E-state index in [0.29, 0.717) is 17.4 Å². The summed E-state index contributed by atoms with van der Waals surface area (Å²) in [6.07, 6.45) is 7.32. The van der Waals surface area contributed by atoms with E-state index in [1.165, 1.54) is 5.56 Å². The van der Waals surface area contributed by atoms with Crippen LogP contribution in [0.1, 0.15) is 63.2 Å². The summed E-state index contributed by atoms with van der Waals surface area (Å²) in [7, 11) is 0. The molecule has 8 rings (SSSR count). The summed E-state index contributed by atoms with van der Waals surface area (Å²) in [5.41, 5.74) is 4.85. The van der Waals surface area contributed by atoms with E-state index < -0.39 is 6.98 Å². The van der Waals surface area contributed by atoms with Gasteiger partial charge in [-0.25, -0.2) is 4.98 Å². The number of nitrogens with zero attached hydrogens (tertiary/aromatic N) is 4. The molecule has 2 aromatic heterocycles. The minimum atomic E-state index is -2.22. The van der Waals surface area contributed by atoms with Crippen molar-refractivity contribution in [2.75, 3.05) is 11.9 Å². The molecule has 6 heteroatoms. The number of anilines is 1. The van der Waals surface area contributed by atoms with Crippen molar-refractivity contribution in [1.82, 2.24) is 14.5 Å². The van der Waals surface area contributed by atoms with Crippen molar-refractivity contribution in [3.63, 3.8) is 0 Å². The van der Waals surface area contributed by atoms with Crippen LogP contribution in [0, 0.1) is 30.6 Å². The summed E-state index contributed by atoms with van der Waals surface area (Å²) in [4.78, 5) is 8.53. The molecule has 1 aliphatic heterocycles. The number of para-hydroxylation sites is 1. The van der Waals surface area contributed by atoms with E-state index in [1.807, 2.05) is 18.3 Å². The zero-order valence-electron chi connectivity index (χ0n) is 30.1. The Hall–Kier alpha value is -3.40. The summed E-state index contributed by atoms with van der Waals surface area (Å²) in [6.45, 7) is 12.7. The van der Waals surface area contributed by atoms with Gasteiger partial charge in [0, 0.05) is 60.5 Å². The van der Waals surface area contributed by atoms with Crippen LogP contribution in [0.15, 0.2) is 79.0 Å². The van der Waals surface area contributed by atoms with Crippen LogP contribution in [0.25, 0.3) is 27.6 Å². The van der Waals surface area contributed by atoms with E-state index in [9.17, 15) is 0 Å². The first kappa shape index (κ1) is 27.7. The van der Waals surface area contributed by atoms with E-state index in [4.69, 9.17) is 13.8 Å². The minimum absolute atomic E-state index is 0. The molecule has 5 nitrogen and oxygen atoms in total. The average molecular weight is 792 g/mol. The van der Waals surface area contributed by atoms with E-state index in [0.717, 1.165) is 45.3 Å². The van der Waals surface area contributed by atoms with Gasteiger partial charge < -0.3 is 19.1 Å². The monoisotopic (exact) mass is 791 g/mol. The predicted molar refractivity (Wildman–Crippen MR) is 183 cm³/mol. The maximum Gasteiger partial charge on any atom is 0.135 e. The number of fused-ring (bicyclic) bond motifs is 8. The van der Waals surface area contributed by atoms with Crippen LogP contribution in [0.4, 0.5) is 5.69 Å². The maximum atomic E-state index is 8.30. The molecule has 0 radical (unpaired) electrons. The normalized spacial score (nSPS) is 23.8. The molecule has 1 saturated heterocycles. The molecule has 3 aliphatic rings. The van der Waals surface area contributed by atoms with Crippen molar-refractivity contribution in [2.24, 2.45) is 11.8 Å². The molecule has 3 heterocycles. The molecule has 46 heavy (non-hydrogen) atoms. The first-order chi connectivity index (χ1) is 22.7. The molecule has 1 saturated carbocycles. The number of rotatable bonds is 4. The van der Waals surface area contributed by atoms with Gasteiger partial charge in [0.05, 0.1) is 0 Å². The van der Waals surface area contributed by atoms with Crippen LogP contribution >= 0.6 is 0 Å². The second kappa shape index (κ2) is 11.1. The third kappa shape index (κ3) is 5.11. The van der Waals surface area contributed by atoms with Gasteiger partial charge in [0.25, 0.3) is 0 Å². The Balaban J connectivity index is 0.00000378. The minimum Gasteiger partial charge on any atom is -0.525 e. The van der Waals surface area contributed by atoms with Gasteiger partial charge in [-0.15, -0.1) is 47.0 Å². The van der Waals surface area contributed by atoms with Crippen molar-refractivity contribution in [2.45, 2.75) is 70.9 Å².